The predicted octanol–water partition coefficient (Wildman–Crippen LogP) is 2.78. The predicted molar refractivity (Wildman–Crippen MR) is 58.8 cm³/mol. The standard InChI is InChI=1S/C10H6BrN3O/c11-8-3-4-9(15-8)14-6-13-7-2-1-5-12-10(7)14/h1-6H. The summed E-state index contributed by atoms with van der Waals surface area (Å²) < 4.78 is 7.93. The molecule has 0 saturated heterocycles. The van der Waals surface area contributed by atoms with Crippen LogP contribution in [-0.2, 0) is 0 Å². The highest BCUT2D eigenvalue weighted by molar-refractivity contribution is 9.10. The van der Waals surface area contributed by atoms with E-state index in [2.05, 4.69) is 25.9 Å². The lowest BCUT2D eigenvalue weighted by Crippen LogP contribution is -1.90. The Hall–Kier alpha value is -1.62. The van der Waals surface area contributed by atoms with E-state index in [1.165, 1.54) is 0 Å². The number of hydrogen-bond acceptors (Lipinski definition) is 3. The van der Waals surface area contributed by atoms with Crippen molar-refractivity contribution in [2.45, 2.75) is 0 Å². The fraction of sp³-hybridized carbons (Fsp3) is 0. The highest BCUT2D eigenvalue weighted by Gasteiger charge is 2.07. The average Bonchev–Trinajstić information content (AvgIpc) is 2.83. The molecule has 0 radical (unpaired) electrons. The van der Waals surface area contributed by atoms with Gasteiger partial charge in [-0.3, -0.25) is 4.57 Å². The van der Waals surface area contributed by atoms with Crippen LogP contribution in [0.15, 0.2) is 45.9 Å². The van der Waals surface area contributed by atoms with E-state index in [0.29, 0.717) is 10.6 Å². The van der Waals surface area contributed by atoms with E-state index in [4.69, 9.17) is 4.42 Å². The molecule has 0 aromatic carbocycles. The Morgan fingerprint density at radius 3 is 2.93 bits per heavy atom. The smallest absolute Gasteiger partial charge is 0.207 e. The molecule has 0 unspecified atom stereocenters. The second-order valence-corrected chi connectivity index (χ2v) is 3.82. The number of aromatic nitrogens is 3. The van der Waals surface area contributed by atoms with Crippen molar-refractivity contribution >= 4 is 27.1 Å². The van der Waals surface area contributed by atoms with Crippen LogP contribution < -0.4 is 0 Å². The fourth-order valence-corrected chi connectivity index (χ4v) is 1.74. The number of pyridine rings is 1. The molecule has 5 heteroatoms. The molecule has 0 aliphatic carbocycles. The van der Waals surface area contributed by atoms with Gasteiger partial charge in [-0.25, -0.2) is 9.97 Å². The Labute approximate surface area is 93.7 Å². The molecule has 0 aliphatic heterocycles. The summed E-state index contributed by atoms with van der Waals surface area (Å²) in [4.78, 5) is 8.48. The van der Waals surface area contributed by atoms with Crippen LogP contribution in [-0.4, -0.2) is 14.5 Å². The van der Waals surface area contributed by atoms with Crippen LogP contribution in [0.1, 0.15) is 0 Å². The summed E-state index contributed by atoms with van der Waals surface area (Å²) in [6.07, 6.45) is 3.43. The number of rotatable bonds is 1. The van der Waals surface area contributed by atoms with Gasteiger partial charge in [-0.1, -0.05) is 0 Å². The average molecular weight is 264 g/mol. The van der Waals surface area contributed by atoms with Crippen molar-refractivity contribution in [3.05, 3.63) is 41.5 Å². The van der Waals surface area contributed by atoms with Gasteiger partial charge in [0.05, 0.1) is 0 Å². The number of hydrogen-bond donors (Lipinski definition) is 0. The van der Waals surface area contributed by atoms with Crippen molar-refractivity contribution in [1.82, 2.24) is 14.5 Å². The first-order valence-corrected chi connectivity index (χ1v) is 5.18. The summed E-state index contributed by atoms with van der Waals surface area (Å²) >= 11 is 3.26. The summed E-state index contributed by atoms with van der Waals surface area (Å²) in [7, 11) is 0. The molecule has 0 spiro atoms. The monoisotopic (exact) mass is 263 g/mol. The number of nitrogens with zero attached hydrogens (tertiary/aromatic N) is 3. The van der Waals surface area contributed by atoms with Crippen LogP contribution in [0.2, 0.25) is 0 Å². The van der Waals surface area contributed by atoms with Crippen molar-refractivity contribution in [2.24, 2.45) is 0 Å². The Morgan fingerprint density at radius 2 is 2.13 bits per heavy atom. The minimum absolute atomic E-state index is 0.690. The van der Waals surface area contributed by atoms with Crippen LogP contribution in [0.4, 0.5) is 0 Å². The van der Waals surface area contributed by atoms with Gasteiger partial charge in [0.2, 0.25) is 5.88 Å². The third-order valence-electron chi connectivity index (χ3n) is 2.10. The van der Waals surface area contributed by atoms with Crippen molar-refractivity contribution in [3.8, 4) is 5.88 Å². The Kier molecular flexibility index (Phi) is 1.85. The van der Waals surface area contributed by atoms with Gasteiger partial charge in [0, 0.05) is 12.3 Å². The van der Waals surface area contributed by atoms with Gasteiger partial charge >= 0.3 is 0 Å². The molecule has 0 N–H and O–H groups in total. The van der Waals surface area contributed by atoms with Gasteiger partial charge in [-0.15, -0.1) is 0 Å². The van der Waals surface area contributed by atoms with Gasteiger partial charge in [-0.05, 0) is 34.1 Å². The second-order valence-electron chi connectivity index (χ2n) is 3.04. The van der Waals surface area contributed by atoms with E-state index in [9.17, 15) is 0 Å². The van der Waals surface area contributed by atoms with E-state index in [1.807, 2.05) is 24.3 Å². The molecule has 4 nitrogen and oxygen atoms in total. The molecule has 74 valence electrons. The number of furan rings is 1. The van der Waals surface area contributed by atoms with Crippen molar-refractivity contribution in [2.75, 3.05) is 0 Å². The maximum Gasteiger partial charge on any atom is 0.207 e. The van der Waals surface area contributed by atoms with E-state index in [-0.39, 0.29) is 0 Å². The Bertz CT molecular complexity index is 614. The lowest BCUT2D eigenvalue weighted by atomic mass is 10.4. The first-order valence-electron chi connectivity index (χ1n) is 4.38. The van der Waals surface area contributed by atoms with Crippen LogP contribution in [0, 0.1) is 0 Å². The van der Waals surface area contributed by atoms with Gasteiger partial charge in [0.15, 0.2) is 10.3 Å². The normalized spacial score (nSPS) is 11.0. The molecule has 15 heavy (non-hydrogen) atoms. The minimum atomic E-state index is 0.690. The lowest BCUT2D eigenvalue weighted by Gasteiger charge is -1.96. The molecule has 0 saturated carbocycles. The van der Waals surface area contributed by atoms with E-state index in [0.717, 1.165) is 11.2 Å². The van der Waals surface area contributed by atoms with Crippen LogP contribution in [0.25, 0.3) is 17.0 Å². The molecule has 0 atom stereocenters. The summed E-state index contributed by atoms with van der Waals surface area (Å²) in [6, 6.07) is 7.47. The SMILES string of the molecule is Brc1ccc(-n2cnc3cccnc32)o1. The molecular formula is C10H6BrN3O. The first-order chi connectivity index (χ1) is 7.34. The largest absolute Gasteiger partial charge is 0.433 e. The van der Waals surface area contributed by atoms with E-state index >= 15 is 0 Å². The summed E-state index contributed by atoms with van der Waals surface area (Å²) in [6.45, 7) is 0. The molecule has 3 heterocycles. The van der Waals surface area contributed by atoms with Crippen LogP contribution in [0.5, 0.6) is 0 Å². The minimum Gasteiger partial charge on any atom is -0.433 e. The highest BCUT2D eigenvalue weighted by atomic mass is 79.9. The molecule has 3 aromatic rings. The maximum absolute atomic E-state index is 5.44. The molecule has 0 aliphatic rings. The van der Waals surface area contributed by atoms with Gasteiger partial charge in [-0.2, -0.15) is 0 Å². The lowest BCUT2D eigenvalue weighted by molar-refractivity contribution is 0.518. The third-order valence-corrected chi connectivity index (χ3v) is 2.53. The number of imidazole rings is 1. The third kappa shape index (κ3) is 1.35. The molecule has 3 rings (SSSR count). The fourth-order valence-electron chi connectivity index (χ4n) is 1.44. The zero-order valence-corrected chi connectivity index (χ0v) is 9.18. The van der Waals surface area contributed by atoms with E-state index < -0.39 is 0 Å². The Balaban J connectivity index is 2.27. The van der Waals surface area contributed by atoms with Gasteiger partial charge in [0.1, 0.15) is 11.8 Å². The quantitative estimate of drug-likeness (QED) is 0.678. The zero-order valence-electron chi connectivity index (χ0n) is 7.59. The summed E-state index contributed by atoms with van der Waals surface area (Å²) in [5.74, 6) is 0.697. The number of fused-ring (bicyclic) bond motifs is 1. The first kappa shape index (κ1) is 8.67. The van der Waals surface area contributed by atoms with Gasteiger partial charge < -0.3 is 4.42 Å². The van der Waals surface area contributed by atoms with E-state index in [1.54, 1.807) is 17.1 Å². The molecule has 3 aromatic heterocycles. The second kappa shape index (κ2) is 3.20. The van der Waals surface area contributed by atoms with Crippen molar-refractivity contribution in [1.29, 1.82) is 0 Å². The van der Waals surface area contributed by atoms with Crippen molar-refractivity contribution in [3.63, 3.8) is 0 Å². The molecule has 0 amide bonds. The van der Waals surface area contributed by atoms with Crippen LogP contribution >= 0.6 is 15.9 Å². The molecular weight excluding hydrogens is 258 g/mol. The summed E-state index contributed by atoms with van der Waals surface area (Å²) in [5.41, 5.74) is 1.64. The summed E-state index contributed by atoms with van der Waals surface area (Å²) in [5, 5.41) is 0. The van der Waals surface area contributed by atoms with Crippen molar-refractivity contribution < 1.29 is 4.42 Å². The molecule has 0 fully saturated rings. The highest BCUT2D eigenvalue weighted by Crippen LogP contribution is 2.20. The van der Waals surface area contributed by atoms with Crippen LogP contribution in [0.3, 0.4) is 0 Å². The topological polar surface area (TPSA) is 43.9 Å². The Morgan fingerprint density at radius 1 is 1.20 bits per heavy atom. The van der Waals surface area contributed by atoms with Gasteiger partial charge in [0.25, 0.3) is 0 Å². The number of halogens is 1. The maximum atomic E-state index is 5.44. The zero-order chi connectivity index (χ0) is 10.3. The molecule has 0 bridgehead atoms.